The highest BCUT2D eigenvalue weighted by Gasteiger charge is 2.24. The third-order valence-corrected chi connectivity index (χ3v) is 7.74. The fraction of sp³-hybridized carbons (Fsp3) is 0.229. The van der Waals surface area contributed by atoms with Gasteiger partial charge in [0, 0.05) is 49.7 Å². The van der Waals surface area contributed by atoms with Gasteiger partial charge in [-0.1, -0.05) is 48.0 Å². The van der Waals surface area contributed by atoms with Crippen molar-refractivity contribution < 1.29 is 24.3 Å². The molecule has 1 aliphatic rings. The number of aliphatic carboxylic acids is 1. The second-order valence-corrected chi connectivity index (χ2v) is 11.0. The van der Waals surface area contributed by atoms with Gasteiger partial charge in [-0.15, -0.1) is 0 Å². The van der Waals surface area contributed by atoms with Crippen LogP contribution in [0, 0.1) is 6.92 Å². The highest BCUT2D eigenvalue weighted by atomic mass is 16.4. The van der Waals surface area contributed by atoms with Gasteiger partial charge in [0.15, 0.2) is 0 Å². The molecule has 1 fully saturated rings. The summed E-state index contributed by atoms with van der Waals surface area (Å²) in [4.78, 5) is 59.4. The van der Waals surface area contributed by atoms with Gasteiger partial charge in [-0.2, -0.15) is 0 Å². The van der Waals surface area contributed by atoms with Gasteiger partial charge >= 0.3 is 5.97 Å². The van der Waals surface area contributed by atoms with Crippen LogP contribution in [0.5, 0.6) is 0 Å². The van der Waals surface area contributed by atoms with E-state index in [1.54, 1.807) is 60.8 Å². The Morgan fingerprint density at radius 3 is 2.29 bits per heavy atom. The first kappa shape index (κ1) is 30.9. The molecule has 1 saturated heterocycles. The first-order valence-corrected chi connectivity index (χ1v) is 14.8. The number of rotatable bonds is 9. The van der Waals surface area contributed by atoms with Crippen LogP contribution >= 0.6 is 0 Å². The molecule has 10 nitrogen and oxygen atoms in total. The zero-order valence-corrected chi connectivity index (χ0v) is 25.0. The summed E-state index contributed by atoms with van der Waals surface area (Å²) in [5, 5.41) is 15.3. The third kappa shape index (κ3) is 7.91. The van der Waals surface area contributed by atoms with Gasteiger partial charge in [0.05, 0.1) is 29.4 Å². The molecule has 5 rings (SSSR count). The van der Waals surface area contributed by atoms with Crippen molar-refractivity contribution in [3.05, 3.63) is 125 Å². The molecular weight excluding hydrogens is 570 g/mol. The molecule has 4 aromatic rings. The lowest BCUT2D eigenvalue weighted by Gasteiger charge is -2.27. The van der Waals surface area contributed by atoms with E-state index in [1.165, 1.54) is 6.20 Å². The minimum absolute atomic E-state index is 0.0286. The van der Waals surface area contributed by atoms with Crippen LogP contribution in [0.1, 0.15) is 61.1 Å². The average Bonchev–Trinajstić information content (AvgIpc) is 3.31. The van der Waals surface area contributed by atoms with E-state index in [-0.39, 0.29) is 23.8 Å². The molecule has 0 aliphatic carbocycles. The molecule has 0 saturated carbocycles. The normalized spacial score (nSPS) is 13.8. The summed E-state index contributed by atoms with van der Waals surface area (Å²) in [6, 6.07) is 24.1. The molecule has 10 heteroatoms. The predicted molar refractivity (Wildman–Crippen MR) is 171 cm³/mol. The minimum atomic E-state index is -1.04. The molecule has 3 aromatic carbocycles. The second-order valence-electron chi connectivity index (χ2n) is 11.0. The van der Waals surface area contributed by atoms with Gasteiger partial charge in [0.25, 0.3) is 17.7 Å². The lowest BCUT2D eigenvalue weighted by Crippen LogP contribution is -2.35. The van der Waals surface area contributed by atoms with E-state index in [9.17, 15) is 24.3 Å². The van der Waals surface area contributed by atoms with Crippen LogP contribution in [0.15, 0.2) is 97.3 Å². The molecule has 1 atom stereocenters. The largest absolute Gasteiger partial charge is 0.481 e. The Hall–Kier alpha value is -5.51. The van der Waals surface area contributed by atoms with Gasteiger partial charge in [-0.05, 0) is 61.4 Å². The van der Waals surface area contributed by atoms with Crippen molar-refractivity contribution in [1.82, 2.24) is 15.2 Å². The Morgan fingerprint density at radius 2 is 1.58 bits per heavy atom. The molecule has 1 unspecified atom stereocenters. The van der Waals surface area contributed by atoms with Crippen LogP contribution in [0.25, 0.3) is 0 Å². The summed E-state index contributed by atoms with van der Waals surface area (Å²) >= 11 is 0. The number of carbonyl (C=O) groups is 4. The predicted octanol–water partition coefficient (Wildman–Crippen LogP) is 4.94. The van der Waals surface area contributed by atoms with Crippen LogP contribution in [-0.2, 0) is 4.79 Å². The number of carboxylic acids is 1. The van der Waals surface area contributed by atoms with Crippen LogP contribution < -0.4 is 15.5 Å². The summed E-state index contributed by atoms with van der Waals surface area (Å²) < 4.78 is 0. The number of carbonyl (C=O) groups excluding carboxylic acids is 3. The molecule has 3 N–H and O–H groups in total. The molecule has 1 aliphatic heterocycles. The van der Waals surface area contributed by atoms with Gasteiger partial charge in [0.2, 0.25) is 0 Å². The first-order valence-electron chi connectivity index (χ1n) is 14.8. The van der Waals surface area contributed by atoms with E-state index >= 15 is 0 Å². The van der Waals surface area contributed by atoms with Gasteiger partial charge in [-0.3, -0.25) is 24.2 Å². The SMILES string of the molecule is Cc1ccc(C(CC(=O)O)NC(=O)c2ccc(N3CCCN(C(=O)c4ccccc4)CC3)c(NC(=O)c3cccnc3)c2)cc1. The van der Waals surface area contributed by atoms with Gasteiger partial charge in [0.1, 0.15) is 0 Å². The fourth-order valence-electron chi connectivity index (χ4n) is 5.34. The minimum Gasteiger partial charge on any atom is -0.481 e. The molecule has 45 heavy (non-hydrogen) atoms. The van der Waals surface area contributed by atoms with Crippen molar-refractivity contribution in [2.45, 2.75) is 25.8 Å². The third-order valence-electron chi connectivity index (χ3n) is 7.74. The molecule has 230 valence electrons. The number of carboxylic acid groups (broad SMARTS) is 1. The zero-order valence-electron chi connectivity index (χ0n) is 25.0. The topological polar surface area (TPSA) is 132 Å². The maximum atomic E-state index is 13.5. The zero-order chi connectivity index (χ0) is 31.8. The smallest absolute Gasteiger partial charge is 0.305 e. The van der Waals surface area contributed by atoms with Crippen LogP contribution in [0.3, 0.4) is 0 Å². The monoisotopic (exact) mass is 605 g/mol. The van der Waals surface area contributed by atoms with E-state index < -0.39 is 17.9 Å². The Morgan fingerprint density at radius 1 is 0.822 bits per heavy atom. The van der Waals surface area contributed by atoms with Crippen LogP contribution in [-0.4, -0.2) is 64.9 Å². The summed E-state index contributed by atoms with van der Waals surface area (Å²) in [5.74, 6) is -1.93. The molecule has 0 bridgehead atoms. The lowest BCUT2D eigenvalue weighted by atomic mass is 10.0. The Bertz CT molecular complexity index is 1660. The van der Waals surface area contributed by atoms with E-state index in [0.717, 1.165) is 5.56 Å². The van der Waals surface area contributed by atoms with Crippen LogP contribution in [0.4, 0.5) is 11.4 Å². The summed E-state index contributed by atoms with van der Waals surface area (Å²) in [6.45, 7) is 4.16. The average molecular weight is 606 g/mol. The number of amides is 3. The lowest BCUT2D eigenvalue weighted by molar-refractivity contribution is -0.137. The summed E-state index contributed by atoms with van der Waals surface area (Å²) in [7, 11) is 0. The number of aryl methyl sites for hydroxylation is 1. The number of nitrogens with zero attached hydrogens (tertiary/aromatic N) is 3. The van der Waals surface area contributed by atoms with E-state index in [4.69, 9.17) is 0 Å². The molecule has 1 aromatic heterocycles. The van der Waals surface area contributed by atoms with Crippen molar-refractivity contribution in [1.29, 1.82) is 0 Å². The van der Waals surface area contributed by atoms with E-state index in [0.29, 0.717) is 60.7 Å². The highest BCUT2D eigenvalue weighted by molar-refractivity contribution is 6.07. The molecule has 0 radical (unpaired) electrons. The first-order chi connectivity index (χ1) is 21.8. The standard InChI is InChI=1S/C35H35N5O5/c1-24-10-12-25(13-11-24)29(22-32(41)42)37-33(43)27-14-15-31(30(21-27)38-34(44)28-9-5-16-36-23-28)39-17-6-18-40(20-19-39)35(45)26-7-3-2-4-8-26/h2-5,7-16,21,23,29H,6,17-20,22H2,1H3,(H,37,43)(H,38,44)(H,41,42). The Labute approximate surface area is 261 Å². The maximum absolute atomic E-state index is 13.5. The highest BCUT2D eigenvalue weighted by Crippen LogP contribution is 2.30. The van der Waals surface area contributed by atoms with Gasteiger partial charge in [-0.25, -0.2) is 0 Å². The van der Waals surface area contributed by atoms with Crippen molar-refractivity contribution in [2.75, 3.05) is 36.4 Å². The number of anilines is 2. The van der Waals surface area contributed by atoms with Crippen molar-refractivity contribution >= 4 is 35.1 Å². The van der Waals surface area contributed by atoms with Crippen molar-refractivity contribution in [3.8, 4) is 0 Å². The summed E-state index contributed by atoms with van der Waals surface area (Å²) in [6.07, 6.45) is 3.46. The van der Waals surface area contributed by atoms with Crippen LogP contribution in [0.2, 0.25) is 0 Å². The number of hydrogen-bond donors (Lipinski definition) is 3. The number of nitrogens with one attached hydrogen (secondary N) is 2. The number of hydrogen-bond acceptors (Lipinski definition) is 6. The number of benzene rings is 3. The molecule has 2 heterocycles. The van der Waals surface area contributed by atoms with Crippen molar-refractivity contribution in [2.24, 2.45) is 0 Å². The second kappa shape index (κ2) is 14.3. The Balaban J connectivity index is 1.40. The molecular formula is C35H35N5O5. The fourth-order valence-corrected chi connectivity index (χ4v) is 5.34. The summed E-state index contributed by atoms with van der Waals surface area (Å²) in [5.41, 5.74) is 4.08. The maximum Gasteiger partial charge on any atom is 0.305 e. The molecule has 0 spiro atoms. The number of aromatic nitrogens is 1. The van der Waals surface area contributed by atoms with Gasteiger partial charge < -0.3 is 25.5 Å². The quantitative estimate of drug-likeness (QED) is 0.246. The Kier molecular flexibility index (Phi) is 9.83. The number of pyridine rings is 1. The van der Waals surface area contributed by atoms with E-state index in [2.05, 4.69) is 20.5 Å². The van der Waals surface area contributed by atoms with E-state index in [1.807, 2.05) is 42.2 Å². The van der Waals surface area contributed by atoms with Crippen molar-refractivity contribution in [3.63, 3.8) is 0 Å². The molecule has 3 amide bonds.